The number of likely N-dealkylation sites (tertiary alicyclic amines) is 1. The summed E-state index contributed by atoms with van der Waals surface area (Å²) in [5.74, 6) is 0. The quantitative estimate of drug-likeness (QED) is 0.856. The average Bonchev–Trinajstić information content (AvgIpc) is 2.62. The van der Waals surface area contributed by atoms with Gasteiger partial charge in [-0.15, -0.1) is 0 Å². The second-order valence-electron chi connectivity index (χ2n) is 4.66. The van der Waals surface area contributed by atoms with E-state index < -0.39 is 0 Å². The van der Waals surface area contributed by atoms with Gasteiger partial charge < -0.3 is 10.2 Å². The molecule has 0 aliphatic carbocycles. The van der Waals surface area contributed by atoms with Crippen molar-refractivity contribution in [2.24, 2.45) is 0 Å². The minimum atomic E-state index is 0.633. The molecule has 0 radical (unpaired) electrons. The van der Waals surface area contributed by atoms with Crippen LogP contribution in [0.5, 0.6) is 0 Å². The summed E-state index contributed by atoms with van der Waals surface area (Å²) >= 11 is 0. The molecule has 0 spiro atoms. The zero-order chi connectivity index (χ0) is 11.9. The van der Waals surface area contributed by atoms with E-state index in [0.717, 1.165) is 12.2 Å². The first kappa shape index (κ1) is 12.5. The van der Waals surface area contributed by atoms with Crippen molar-refractivity contribution in [2.75, 3.05) is 19.6 Å². The van der Waals surface area contributed by atoms with Crippen LogP contribution in [0.4, 0.5) is 0 Å². The van der Waals surface area contributed by atoms with E-state index in [0.29, 0.717) is 6.04 Å². The smallest absolute Gasteiger partial charge is 0.0769 e. The summed E-state index contributed by atoms with van der Waals surface area (Å²) in [6.45, 7) is 6.73. The first-order valence-electron chi connectivity index (χ1n) is 6.61. The number of aromatic nitrogens is 2. The second kappa shape index (κ2) is 6.67. The van der Waals surface area contributed by atoms with Gasteiger partial charge in [0.1, 0.15) is 0 Å². The van der Waals surface area contributed by atoms with Crippen molar-refractivity contribution in [1.29, 1.82) is 0 Å². The van der Waals surface area contributed by atoms with Crippen molar-refractivity contribution in [3.63, 3.8) is 0 Å². The summed E-state index contributed by atoms with van der Waals surface area (Å²) in [5.41, 5.74) is 1.03. The molecule has 4 nitrogen and oxygen atoms in total. The van der Waals surface area contributed by atoms with Gasteiger partial charge >= 0.3 is 0 Å². The summed E-state index contributed by atoms with van der Waals surface area (Å²) in [6, 6.07) is 4.60. The minimum Gasteiger partial charge on any atom is -0.308 e. The molecule has 1 N–H and O–H groups in total. The van der Waals surface area contributed by atoms with Crippen molar-refractivity contribution in [3.8, 4) is 0 Å². The fraction of sp³-hybridized carbons (Fsp3) is 0.692. The Kier molecular flexibility index (Phi) is 4.88. The van der Waals surface area contributed by atoms with E-state index in [1.54, 1.807) is 6.20 Å². The predicted molar refractivity (Wildman–Crippen MR) is 68.6 cm³/mol. The lowest BCUT2D eigenvalue weighted by atomic mass is 10.1. The molecule has 1 aliphatic heterocycles. The number of hydrogen-bond donors (Lipinski definition) is 1. The van der Waals surface area contributed by atoms with Crippen molar-refractivity contribution in [3.05, 3.63) is 24.0 Å². The Morgan fingerprint density at radius 3 is 3.12 bits per heavy atom. The highest BCUT2D eigenvalue weighted by Gasteiger charge is 2.15. The Hall–Kier alpha value is -1.00. The van der Waals surface area contributed by atoms with Crippen molar-refractivity contribution < 1.29 is 0 Å². The van der Waals surface area contributed by atoms with Gasteiger partial charge in [-0.25, -0.2) is 0 Å². The van der Waals surface area contributed by atoms with Crippen LogP contribution in [0.3, 0.4) is 0 Å². The largest absolute Gasteiger partial charge is 0.308 e. The number of hydrogen-bond acceptors (Lipinski definition) is 4. The van der Waals surface area contributed by atoms with Gasteiger partial charge in [-0.1, -0.05) is 6.92 Å². The summed E-state index contributed by atoms with van der Waals surface area (Å²) in [6.07, 6.45) is 5.53. The molecule has 17 heavy (non-hydrogen) atoms. The van der Waals surface area contributed by atoms with E-state index >= 15 is 0 Å². The van der Waals surface area contributed by atoms with Gasteiger partial charge in [0.2, 0.25) is 0 Å². The summed E-state index contributed by atoms with van der Waals surface area (Å²) < 4.78 is 0. The number of rotatable bonds is 4. The standard InChI is InChI=1S/C13H22N4/c1-2-17-9-4-6-12(7-10-17)14-11-13-5-3-8-15-16-13/h3,5,8,12,14H,2,4,6-7,9-11H2,1H3. The number of nitrogens with one attached hydrogen (secondary N) is 1. The molecule has 1 aliphatic rings. The number of nitrogens with zero attached hydrogens (tertiary/aromatic N) is 3. The minimum absolute atomic E-state index is 0.633. The molecule has 1 aromatic rings. The molecule has 0 amide bonds. The van der Waals surface area contributed by atoms with Gasteiger partial charge in [0.05, 0.1) is 5.69 Å². The molecule has 1 unspecified atom stereocenters. The van der Waals surface area contributed by atoms with Crippen molar-refractivity contribution >= 4 is 0 Å². The maximum Gasteiger partial charge on any atom is 0.0769 e. The Labute approximate surface area is 103 Å². The molecule has 0 aromatic carbocycles. The lowest BCUT2D eigenvalue weighted by Gasteiger charge is -2.18. The topological polar surface area (TPSA) is 41.0 Å². The Balaban J connectivity index is 1.76. The molecule has 2 rings (SSSR count). The van der Waals surface area contributed by atoms with Crippen molar-refractivity contribution in [1.82, 2.24) is 20.4 Å². The van der Waals surface area contributed by atoms with Crippen LogP contribution >= 0.6 is 0 Å². The zero-order valence-electron chi connectivity index (χ0n) is 10.6. The summed E-state index contributed by atoms with van der Waals surface area (Å²) in [5, 5.41) is 11.6. The SMILES string of the molecule is CCN1CCCC(NCc2cccnn2)CC1. The highest BCUT2D eigenvalue weighted by atomic mass is 15.1. The maximum absolute atomic E-state index is 4.09. The molecule has 4 heteroatoms. The first-order valence-corrected chi connectivity index (χ1v) is 6.61. The zero-order valence-corrected chi connectivity index (χ0v) is 10.6. The van der Waals surface area contributed by atoms with Crippen LogP contribution in [-0.4, -0.2) is 40.8 Å². The molecule has 2 heterocycles. The lowest BCUT2D eigenvalue weighted by Crippen LogP contribution is -2.30. The Morgan fingerprint density at radius 2 is 2.35 bits per heavy atom. The van der Waals surface area contributed by atoms with Crippen LogP contribution in [0.2, 0.25) is 0 Å². The fourth-order valence-electron chi connectivity index (χ4n) is 2.35. The van der Waals surface area contributed by atoms with Gasteiger partial charge in [0.15, 0.2) is 0 Å². The molecule has 0 saturated carbocycles. The van der Waals surface area contributed by atoms with Gasteiger partial charge in [-0.3, -0.25) is 0 Å². The van der Waals surface area contributed by atoms with Crippen LogP contribution in [0.15, 0.2) is 18.3 Å². The third-order valence-corrected chi connectivity index (χ3v) is 3.47. The van der Waals surface area contributed by atoms with Gasteiger partial charge in [-0.2, -0.15) is 10.2 Å². The molecule has 1 saturated heterocycles. The molecule has 94 valence electrons. The molecule has 0 bridgehead atoms. The third-order valence-electron chi connectivity index (χ3n) is 3.47. The molecular weight excluding hydrogens is 212 g/mol. The molecule has 1 atom stereocenters. The summed E-state index contributed by atoms with van der Waals surface area (Å²) in [7, 11) is 0. The third kappa shape index (κ3) is 4.06. The van der Waals surface area contributed by atoms with E-state index in [1.807, 2.05) is 12.1 Å². The average molecular weight is 234 g/mol. The monoisotopic (exact) mass is 234 g/mol. The van der Waals surface area contributed by atoms with E-state index in [4.69, 9.17) is 0 Å². The van der Waals surface area contributed by atoms with Crippen LogP contribution in [0, 0.1) is 0 Å². The van der Waals surface area contributed by atoms with Crippen LogP contribution in [-0.2, 0) is 6.54 Å². The van der Waals surface area contributed by atoms with Crippen LogP contribution in [0.25, 0.3) is 0 Å². The van der Waals surface area contributed by atoms with Crippen LogP contribution in [0.1, 0.15) is 31.9 Å². The van der Waals surface area contributed by atoms with E-state index in [-0.39, 0.29) is 0 Å². The fourth-order valence-corrected chi connectivity index (χ4v) is 2.35. The Bertz CT molecular complexity index is 314. The first-order chi connectivity index (χ1) is 8.38. The van der Waals surface area contributed by atoms with E-state index in [9.17, 15) is 0 Å². The van der Waals surface area contributed by atoms with Crippen molar-refractivity contribution in [2.45, 2.75) is 38.8 Å². The lowest BCUT2D eigenvalue weighted by molar-refractivity contribution is 0.297. The molecular formula is C13H22N4. The highest BCUT2D eigenvalue weighted by Crippen LogP contribution is 2.11. The van der Waals surface area contributed by atoms with Gasteiger partial charge in [-0.05, 0) is 51.0 Å². The normalized spacial score (nSPS) is 22.3. The highest BCUT2D eigenvalue weighted by molar-refractivity contribution is 4.98. The van der Waals surface area contributed by atoms with Gasteiger partial charge in [0.25, 0.3) is 0 Å². The van der Waals surface area contributed by atoms with E-state index in [1.165, 1.54) is 38.9 Å². The van der Waals surface area contributed by atoms with E-state index in [2.05, 4.69) is 27.3 Å². The predicted octanol–water partition coefficient (Wildman–Crippen LogP) is 1.44. The maximum atomic E-state index is 4.09. The Morgan fingerprint density at radius 1 is 1.41 bits per heavy atom. The summed E-state index contributed by atoms with van der Waals surface area (Å²) in [4.78, 5) is 2.53. The van der Waals surface area contributed by atoms with Gasteiger partial charge in [0, 0.05) is 18.8 Å². The molecule has 1 fully saturated rings. The molecule has 1 aromatic heterocycles. The van der Waals surface area contributed by atoms with Crippen LogP contribution < -0.4 is 5.32 Å². The second-order valence-corrected chi connectivity index (χ2v) is 4.66.